The van der Waals surface area contributed by atoms with E-state index >= 15 is 0 Å². The predicted octanol–water partition coefficient (Wildman–Crippen LogP) is 0.502. The quantitative estimate of drug-likeness (QED) is 0.479. The molecule has 0 amide bonds. The predicted molar refractivity (Wildman–Crippen MR) is 105 cm³/mol. The molecule has 10 nitrogen and oxygen atoms in total. The Balaban J connectivity index is 1.99. The number of hydrogen-bond donors (Lipinski definition) is 2. The van der Waals surface area contributed by atoms with Crippen LogP contribution in [0.2, 0.25) is 0 Å². The molecule has 0 aliphatic heterocycles. The van der Waals surface area contributed by atoms with Gasteiger partial charge in [-0.1, -0.05) is 18.2 Å². The minimum Gasteiger partial charge on any atom is -0.493 e. The van der Waals surface area contributed by atoms with Gasteiger partial charge in [0.2, 0.25) is 5.78 Å². The van der Waals surface area contributed by atoms with Crippen LogP contribution in [0, 0.1) is 0 Å². The number of esters is 1. The van der Waals surface area contributed by atoms with E-state index in [1.54, 1.807) is 18.2 Å². The van der Waals surface area contributed by atoms with Crippen LogP contribution >= 0.6 is 0 Å². The Hall–Kier alpha value is -3.82. The summed E-state index contributed by atoms with van der Waals surface area (Å²) in [5, 5.41) is 0. The lowest BCUT2D eigenvalue weighted by molar-refractivity contribution is -0.144. The van der Waals surface area contributed by atoms with Crippen molar-refractivity contribution in [3.05, 3.63) is 56.2 Å². The van der Waals surface area contributed by atoms with Gasteiger partial charge < -0.3 is 19.9 Å². The molecule has 10 heteroatoms. The van der Waals surface area contributed by atoms with Gasteiger partial charge in [0.1, 0.15) is 11.4 Å². The van der Waals surface area contributed by atoms with Gasteiger partial charge in [0.25, 0.3) is 5.56 Å². The van der Waals surface area contributed by atoms with Crippen LogP contribution in [0.5, 0.6) is 11.5 Å². The second-order valence-corrected chi connectivity index (χ2v) is 5.86. The molecule has 2 aromatic rings. The van der Waals surface area contributed by atoms with Gasteiger partial charge in [-0.05, 0) is 24.6 Å². The average molecular weight is 403 g/mol. The first-order chi connectivity index (χ1) is 13.8. The highest BCUT2D eigenvalue weighted by atomic mass is 16.6. The fourth-order valence-corrected chi connectivity index (χ4v) is 2.40. The molecular formula is C19H21N3O7. The average Bonchev–Trinajstić information content (AvgIpc) is 2.69. The van der Waals surface area contributed by atoms with E-state index in [-0.39, 0.29) is 5.82 Å². The third-order valence-electron chi connectivity index (χ3n) is 3.91. The van der Waals surface area contributed by atoms with Crippen molar-refractivity contribution < 1.29 is 23.8 Å². The van der Waals surface area contributed by atoms with Gasteiger partial charge in [-0.15, -0.1) is 0 Å². The number of anilines is 1. The van der Waals surface area contributed by atoms with E-state index in [0.717, 1.165) is 10.1 Å². The van der Waals surface area contributed by atoms with Crippen molar-refractivity contribution in [1.82, 2.24) is 9.55 Å². The number of methoxy groups -OCH3 is 1. The number of H-pyrrole nitrogens is 1. The number of benzene rings is 1. The fraction of sp³-hybridized carbons (Fsp3) is 0.263. The Labute approximate surface area is 165 Å². The van der Waals surface area contributed by atoms with Crippen molar-refractivity contribution in [2.24, 2.45) is 7.05 Å². The monoisotopic (exact) mass is 403 g/mol. The normalized spacial score (nSPS) is 10.7. The molecule has 0 aliphatic rings. The number of nitrogens with zero attached hydrogens (tertiary/aromatic N) is 1. The van der Waals surface area contributed by atoms with Gasteiger partial charge in [0.15, 0.2) is 24.7 Å². The number of carbonyl (C=O) groups is 2. The van der Waals surface area contributed by atoms with Crippen LogP contribution in [0.3, 0.4) is 0 Å². The second kappa shape index (κ2) is 9.40. The summed E-state index contributed by atoms with van der Waals surface area (Å²) >= 11 is 0. The summed E-state index contributed by atoms with van der Waals surface area (Å²) in [6.07, 6.45) is 3.74. The first-order valence-electron chi connectivity index (χ1n) is 8.49. The largest absolute Gasteiger partial charge is 0.493 e. The molecule has 0 saturated carbocycles. The first kappa shape index (κ1) is 21.5. The lowest BCUT2D eigenvalue weighted by Gasteiger charge is -2.11. The van der Waals surface area contributed by atoms with Crippen molar-refractivity contribution in [3.8, 4) is 11.5 Å². The number of ether oxygens (including phenoxy) is 3. The van der Waals surface area contributed by atoms with Gasteiger partial charge in [-0.3, -0.25) is 19.1 Å². The fourth-order valence-electron chi connectivity index (χ4n) is 2.40. The van der Waals surface area contributed by atoms with Crippen molar-refractivity contribution >= 4 is 23.6 Å². The van der Waals surface area contributed by atoms with Gasteiger partial charge in [-0.25, -0.2) is 9.59 Å². The zero-order valence-electron chi connectivity index (χ0n) is 16.2. The molecule has 3 N–H and O–H groups in total. The maximum absolute atomic E-state index is 12.2. The van der Waals surface area contributed by atoms with Crippen LogP contribution in [0.25, 0.3) is 6.08 Å². The van der Waals surface area contributed by atoms with E-state index in [0.29, 0.717) is 11.5 Å². The highest BCUT2D eigenvalue weighted by Crippen LogP contribution is 2.28. The van der Waals surface area contributed by atoms with Gasteiger partial charge in [0, 0.05) is 7.05 Å². The minimum absolute atomic E-state index is 0.318. The van der Waals surface area contributed by atoms with Crippen molar-refractivity contribution in [1.29, 1.82) is 0 Å². The summed E-state index contributed by atoms with van der Waals surface area (Å²) in [7, 11) is 2.76. The molecule has 2 rings (SSSR count). The van der Waals surface area contributed by atoms with Crippen LogP contribution in [0.1, 0.15) is 22.8 Å². The highest BCUT2D eigenvalue weighted by Gasteiger charge is 2.20. The SMILES string of the molecule is C/C=C/c1ccc(OCC(=O)OCC(=O)c2c(N)n(C)c(=O)[nH]c2=O)c(OC)c1. The zero-order valence-corrected chi connectivity index (χ0v) is 16.2. The minimum atomic E-state index is -0.950. The molecule has 0 saturated heterocycles. The van der Waals surface area contributed by atoms with E-state index in [9.17, 15) is 19.2 Å². The smallest absolute Gasteiger partial charge is 0.344 e. The van der Waals surface area contributed by atoms with Gasteiger partial charge in [0.05, 0.1) is 7.11 Å². The van der Waals surface area contributed by atoms with Crippen LogP contribution < -0.4 is 26.5 Å². The number of carbonyl (C=O) groups excluding carboxylic acids is 2. The molecule has 0 aliphatic carbocycles. The maximum atomic E-state index is 12.2. The molecule has 0 fully saturated rings. The van der Waals surface area contributed by atoms with Crippen molar-refractivity contribution in [2.75, 3.05) is 26.1 Å². The number of rotatable bonds is 8. The number of nitrogens with one attached hydrogen (secondary N) is 1. The van der Waals surface area contributed by atoms with Crippen molar-refractivity contribution in [3.63, 3.8) is 0 Å². The molecular weight excluding hydrogens is 382 g/mol. The molecule has 1 aromatic carbocycles. The van der Waals surface area contributed by atoms with Gasteiger partial charge >= 0.3 is 11.7 Å². The Kier molecular flexibility index (Phi) is 6.96. The van der Waals surface area contributed by atoms with Crippen LogP contribution in [0.4, 0.5) is 5.82 Å². The zero-order chi connectivity index (χ0) is 21.6. The van der Waals surface area contributed by atoms with Gasteiger partial charge in [-0.2, -0.15) is 0 Å². The molecule has 154 valence electrons. The summed E-state index contributed by atoms with van der Waals surface area (Å²) in [5.74, 6) is -1.25. The summed E-state index contributed by atoms with van der Waals surface area (Å²) in [6.45, 7) is 0.668. The van der Waals surface area contributed by atoms with E-state index < -0.39 is 41.8 Å². The Morgan fingerprint density at radius 3 is 2.59 bits per heavy atom. The Bertz CT molecular complexity index is 1070. The Morgan fingerprint density at radius 1 is 1.21 bits per heavy atom. The third-order valence-corrected chi connectivity index (χ3v) is 3.91. The van der Waals surface area contributed by atoms with Crippen molar-refractivity contribution in [2.45, 2.75) is 6.92 Å². The number of nitrogen functional groups attached to an aromatic ring is 1. The molecule has 29 heavy (non-hydrogen) atoms. The number of aromatic amines is 1. The molecule has 0 bridgehead atoms. The van der Waals surface area contributed by atoms with E-state index in [1.807, 2.05) is 24.1 Å². The van der Waals surface area contributed by atoms with E-state index in [1.165, 1.54) is 14.2 Å². The Morgan fingerprint density at radius 2 is 1.93 bits per heavy atom. The van der Waals surface area contributed by atoms with E-state index in [2.05, 4.69) is 0 Å². The summed E-state index contributed by atoms with van der Waals surface area (Å²) in [4.78, 5) is 49.2. The maximum Gasteiger partial charge on any atom is 0.344 e. The molecule has 1 aromatic heterocycles. The molecule has 0 radical (unpaired) electrons. The number of allylic oxidation sites excluding steroid dienone is 1. The molecule has 0 atom stereocenters. The van der Waals surface area contributed by atoms with Crippen LogP contribution in [-0.2, 0) is 16.6 Å². The number of aromatic nitrogens is 2. The highest BCUT2D eigenvalue weighted by molar-refractivity contribution is 6.01. The third kappa shape index (κ3) is 5.12. The second-order valence-electron chi connectivity index (χ2n) is 5.86. The molecule has 0 spiro atoms. The summed E-state index contributed by atoms with van der Waals surface area (Å²) < 4.78 is 16.3. The lowest BCUT2D eigenvalue weighted by atomic mass is 10.2. The summed E-state index contributed by atoms with van der Waals surface area (Å²) in [5.41, 5.74) is 4.36. The van der Waals surface area contributed by atoms with Crippen LogP contribution in [0.15, 0.2) is 33.9 Å². The number of ketones is 1. The number of nitrogens with two attached hydrogens (primary N) is 1. The first-order valence-corrected chi connectivity index (χ1v) is 8.49. The lowest BCUT2D eigenvalue weighted by Crippen LogP contribution is -2.36. The molecule has 0 unspecified atom stereocenters. The number of Topliss-reactive ketones (excluding diaryl/α,β-unsaturated/α-hetero) is 1. The van der Waals surface area contributed by atoms with E-state index in [4.69, 9.17) is 19.9 Å². The standard InChI is InChI=1S/C19H21N3O7/c1-4-5-11-6-7-13(14(8-11)27-3)28-10-15(24)29-9-12(23)16-17(20)22(2)19(26)21-18(16)25/h4-8H,9-10,20H2,1-3H3,(H,21,25,26)/b5-4+. The summed E-state index contributed by atoms with van der Waals surface area (Å²) in [6, 6.07) is 5.15. The molecule has 1 heterocycles. The van der Waals surface area contributed by atoms with Crippen LogP contribution in [-0.4, -0.2) is 41.6 Å². The topological polar surface area (TPSA) is 143 Å². The number of hydrogen-bond acceptors (Lipinski definition) is 8.